The second kappa shape index (κ2) is 13.2. The third kappa shape index (κ3) is 5.89. The fourth-order valence-electron chi connectivity index (χ4n) is 9.14. The number of piperidine rings is 1. The molecule has 6 aliphatic rings. The van der Waals surface area contributed by atoms with Crippen LogP contribution in [-0.4, -0.2) is 81.0 Å². The molecule has 4 aliphatic heterocycles. The Morgan fingerprint density at radius 3 is 2.77 bits per heavy atom. The number of pyridine rings is 1. The van der Waals surface area contributed by atoms with Gasteiger partial charge in [-0.15, -0.1) is 0 Å². The van der Waals surface area contributed by atoms with Crippen molar-refractivity contribution in [3.05, 3.63) is 57.6 Å². The summed E-state index contributed by atoms with van der Waals surface area (Å²) >= 11 is 10.2. The van der Waals surface area contributed by atoms with E-state index in [4.69, 9.17) is 33.0 Å². The van der Waals surface area contributed by atoms with E-state index in [0.717, 1.165) is 74.7 Å². The van der Waals surface area contributed by atoms with Gasteiger partial charge in [-0.3, -0.25) is 9.59 Å². The maximum absolute atomic E-state index is 13.8. The van der Waals surface area contributed by atoms with Crippen LogP contribution in [-0.2, 0) is 29.0 Å². The van der Waals surface area contributed by atoms with Gasteiger partial charge in [0.15, 0.2) is 10.9 Å². The number of anilines is 1. The molecule has 4 amide bonds. The number of unbranched alkanes of at least 4 members (excludes halogenated alkanes) is 1. The SMILES string of the molecule is CCC1=C(Cl)c2c(nc(Sc3ccc4cc5c([n+]([O-])c4c3)CCN(C(=O)CCCC[C@@H]3SC[C@@H]4NC(=O)N[C@@H]43)C5)nc2N2CC3C(C2)C3(N)C(N)=O)C1. The first-order valence-electron chi connectivity index (χ1n) is 18.5. The van der Waals surface area contributed by atoms with Gasteiger partial charge in [-0.25, -0.2) is 14.8 Å². The second-order valence-electron chi connectivity index (χ2n) is 15.2. The zero-order valence-corrected chi connectivity index (χ0v) is 31.8. The first-order chi connectivity index (χ1) is 25.5. The summed E-state index contributed by atoms with van der Waals surface area (Å²) in [6.45, 7) is 4.17. The lowest BCUT2D eigenvalue weighted by Crippen LogP contribution is -2.47. The fourth-order valence-corrected chi connectivity index (χ4v) is 11.9. The van der Waals surface area contributed by atoms with Crippen LogP contribution in [0.15, 0.2) is 39.9 Å². The van der Waals surface area contributed by atoms with E-state index in [1.807, 2.05) is 40.9 Å². The zero-order chi connectivity index (χ0) is 36.8. The van der Waals surface area contributed by atoms with Gasteiger partial charge in [0.05, 0.1) is 41.3 Å². The molecule has 4 fully saturated rings. The van der Waals surface area contributed by atoms with Crippen molar-refractivity contribution >= 4 is 74.7 Å². The third-order valence-corrected chi connectivity index (χ3v) is 15.0. The quantitative estimate of drug-likeness (QED) is 0.0784. The molecule has 2 aromatic heterocycles. The third-order valence-electron chi connectivity index (χ3n) is 12.2. The monoisotopic (exact) mass is 775 g/mol. The van der Waals surface area contributed by atoms with E-state index < -0.39 is 11.4 Å². The smallest absolute Gasteiger partial charge is 0.315 e. The first kappa shape index (κ1) is 34.9. The summed E-state index contributed by atoms with van der Waals surface area (Å²) in [5, 5.41) is 22.3. The number of nitrogens with zero attached hydrogens (tertiary/aromatic N) is 5. The van der Waals surface area contributed by atoms with Gasteiger partial charge < -0.3 is 37.1 Å². The second-order valence-corrected chi connectivity index (χ2v) is 17.9. The lowest BCUT2D eigenvalue weighted by molar-refractivity contribution is -0.587. The minimum Gasteiger partial charge on any atom is -0.618 e. The molecular formula is C37H42ClN9O4S2. The molecule has 0 spiro atoms. The van der Waals surface area contributed by atoms with Crippen LogP contribution >= 0.6 is 35.1 Å². The lowest BCUT2D eigenvalue weighted by Gasteiger charge is -2.28. The van der Waals surface area contributed by atoms with Gasteiger partial charge in [-0.2, -0.15) is 16.5 Å². The van der Waals surface area contributed by atoms with E-state index in [0.29, 0.717) is 72.1 Å². The molecule has 2 unspecified atom stereocenters. The average molecular weight is 776 g/mol. The predicted octanol–water partition coefficient (Wildman–Crippen LogP) is 3.19. The molecule has 16 heteroatoms. The van der Waals surface area contributed by atoms with E-state index >= 15 is 0 Å². The van der Waals surface area contributed by atoms with Crippen molar-refractivity contribution in [2.24, 2.45) is 23.3 Å². The molecule has 1 aromatic carbocycles. The molecule has 6 N–H and O–H groups in total. The Hall–Kier alpha value is -3.79. The Balaban J connectivity index is 0.878. The normalized spacial score (nSPS) is 28.1. The van der Waals surface area contributed by atoms with Crippen molar-refractivity contribution in [3.63, 3.8) is 0 Å². The standard InChI is InChI=1S/C37H42ClN9O4S2/c1-2-18-12-24-30(31(18)38)33(46-15-22-23(16-46)37(22,40)34(39)49)44-36(42-24)53-21-8-7-19-11-20-14-45(10-9-26(20)47(51)27(19)13-21)29(48)6-4-3-5-28-32-25(17-52-28)41-35(50)43-32/h7-8,11,13,22-23,25,28,32H,2-6,9-10,12,14-17,40H2,1H3,(H2,39,49)(H2,41,43,50)/t22?,23?,25-,28-,32-,37?/m0/s1. The number of nitrogens with one attached hydrogen (secondary N) is 2. The maximum Gasteiger partial charge on any atom is 0.315 e. The summed E-state index contributed by atoms with van der Waals surface area (Å²) < 4.78 is 1.03. The summed E-state index contributed by atoms with van der Waals surface area (Å²) in [4.78, 5) is 51.7. The lowest BCUT2D eigenvalue weighted by atomic mass is 10.0. The molecule has 278 valence electrons. The van der Waals surface area contributed by atoms with Crippen LogP contribution in [0.5, 0.6) is 0 Å². The van der Waals surface area contributed by atoms with E-state index in [-0.39, 0.29) is 35.9 Å². The number of fused-ring (bicyclic) bond motifs is 5. The average Bonchev–Trinajstić information content (AvgIpc) is 3.70. The van der Waals surface area contributed by atoms with Crippen molar-refractivity contribution in [3.8, 4) is 0 Å². The van der Waals surface area contributed by atoms with Gasteiger partial charge in [-0.1, -0.05) is 24.9 Å². The summed E-state index contributed by atoms with van der Waals surface area (Å²) in [7, 11) is 0. The number of benzene rings is 1. The molecule has 0 radical (unpaired) electrons. The van der Waals surface area contributed by atoms with Crippen molar-refractivity contribution in [2.75, 3.05) is 30.3 Å². The van der Waals surface area contributed by atoms with Crippen LogP contribution < -0.4 is 31.7 Å². The number of thioether (sulfide) groups is 1. The van der Waals surface area contributed by atoms with Crippen LogP contribution in [0.25, 0.3) is 15.9 Å². The van der Waals surface area contributed by atoms with Crippen molar-refractivity contribution in [1.82, 2.24) is 25.5 Å². The van der Waals surface area contributed by atoms with Crippen LogP contribution in [0.4, 0.5) is 10.6 Å². The summed E-state index contributed by atoms with van der Waals surface area (Å²) in [5.74, 6) is 1.31. The summed E-state index contributed by atoms with van der Waals surface area (Å²) in [6.07, 6.45) is 5.15. The number of aromatic nitrogens is 3. The van der Waals surface area contributed by atoms with Gasteiger partial charge >= 0.3 is 6.03 Å². The number of rotatable bonds is 10. The Labute approximate surface area is 320 Å². The van der Waals surface area contributed by atoms with Crippen molar-refractivity contribution in [1.29, 1.82) is 0 Å². The molecule has 3 aromatic rings. The molecule has 53 heavy (non-hydrogen) atoms. The minimum atomic E-state index is -0.959. The maximum atomic E-state index is 13.8. The van der Waals surface area contributed by atoms with Crippen LogP contribution in [0, 0.1) is 17.0 Å². The highest BCUT2D eigenvalue weighted by molar-refractivity contribution is 8.00. The number of amides is 4. The van der Waals surface area contributed by atoms with Crippen LogP contribution in [0.2, 0.25) is 0 Å². The van der Waals surface area contributed by atoms with Crippen molar-refractivity contribution < 1.29 is 19.1 Å². The van der Waals surface area contributed by atoms with Crippen molar-refractivity contribution in [2.45, 2.75) is 91.3 Å². The Morgan fingerprint density at radius 1 is 1.19 bits per heavy atom. The number of hydrogen-bond acceptors (Lipinski definition) is 10. The molecule has 9 rings (SSSR count). The first-order valence-corrected chi connectivity index (χ1v) is 20.7. The molecule has 3 saturated heterocycles. The number of primary amides is 1. The zero-order valence-electron chi connectivity index (χ0n) is 29.4. The highest BCUT2D eigenvalue weighted by Gasteiger charge is 2.70. The van der Waals surface area contributed by atoms with Crippen LogP contribution in [0.1, 0.15) is 61.5 Å². The van der Waals surface area contributed by atoms with Gasteiger partial charge in [0.2, 0.25) is 17.3 Å². The molecule has 5 atom stereocenters. The number of carbonyl (C=O) groups is 3. The number of allylic oxidation sites excluding steroid dienone is 1. The predicted molar refractivity (Wildman–Crippen MR) is 204 cm³/mol. The van der Waals surface area contributed by atoms with Gasteiger partial charge in [0, 0.05) is 77.2 Å². The van der Waals surface area contributed by atoms with Crippen LogP contribution in [0.3, 0.4) is 0 Å². The number of carbonyl (C=O) groups excluding carboxylic acids is 3. The van der Waals surface area contributed by atoms with E-state index in [9.17, 15) is 19.6 Å². The number of halogens is 1. The minimum absolute atomic E-state index is 0.0168. The topological polar surface area (TPSA) is 187 Å². The summed E-state index contributed by atoms with van der Waals surface area (Å²) in [5.41, 5.74) is 16.0. The number of nitrogens with two attached hydrogens (primary N) is 2. The number of urea groups is 1. The largest absolute Gasteiger partial charge is 0.618 e. The highest BCUT2D eigenvalue weighted by atomic mass is 35.5. The van der Waals surface area contributed by atoms with Gasteiger partial charge in [-0.05, 0) is 54.8 Å². The molecule has 6 heterocycles. The molecule has 2 aliphatic carbocycles. The highest BCUT2D eigenvalue weighted by Crippen LogP contribution is 2.55. The molecule has 1 saturated carbocycles. The van der Waals surface area contributed by atoms with E-state index in [1.165, 1.54) is 11.8 Å². The van der Waals surface area contributed by atoms with Gasteiger partial charge in [0.1, 0.15) is 11.4 Å². The molecular weight excluding hydrogens is 734 g/mol. The Bertz CT molecular complexity index is 2100. The molecule has 0 bridgehead atoms. The Kier molecular flexibility index (Phi) is 8.71. The van der Waals surface area contributed by atoms with E-state index in [2.05, 4.69) is 22.5 Å². The molecule has 13 nitrogen and oxygen atoms in total. The fraction of sp³-hybridized carbons (Fsp3) is 0.514. The number of hydrogen-bond donors (Lipinski definition) is 4. The van der Waals surface area contributed by atoms with E-state index in [1.54, 1.807) is 0 Å². The Morgan fingerprint density at radius 2 is 2.00 bits per heavy atom. The summed E-state index contributed by atoms with van der Waals surface area (Å²) in [6, 6.07) is 8.17. The van der Waals surface area contributed by atoms with Gasteiger partial charge in [0.25, 0.3) is 0 Å².